The number of hydrogen-bond acceptors (Lipinski definition) is 5. The van der Waals surface area contributed by atoms with Crippen LogP contribution in [0.4, 0.5) is 11.6 Å². The van der Waals surface area contributed by atoms with Gasteiger partial charge in [0.25, 0.3) is 5.56 Å². The lowest BCUT2D eigenvalue weighted by Crippen LogP contribution is -2.41. The van der Waals surface area contributed by atoms with E-state index < -0.39 is 0 Å². The second-order valence-corrected chi connectivity index (χ2v) is 5.70. The van der Waals surface area contributed by atoms with Crippen LogP contribution in [0.15, 0.2) is 23.0 Å². The lowest BCUT2D eigenvalue weighted by molar-refractivity contribution is 0.194. The molecule has 2 aromatic rings. The van der Waals surface area contributed by atoms with Crippen molar-refractivity contribution in [3.8, 4) is 0 Å². The molecule has 0 aliphatic carbocycles. The number of hydrogen-bond donors (Lipinski definition) is 3. The number of nitrogens with one attached hydrogen (secondary N) is 2. The molecule has 6 nitrogen and oxygen atoms in total. The van der Waals surface area contributed by atoms with Crippen molar-refractivity contribution in [3.05, 3.63) is 28.6 Å². The molecule has 1 aliphatic heterocycles. The minimum absolute atomic E-state index is 0.160. The maximum atomic E-state index is 12.1. The highest BCUT2D eigenvalue weighted by Crippen LogP contribution is 2.16. The number of nitrogen functional groups attached to an aromatic ring is 1. The van der Waals surface area contributed by atoms with E-state index in [0.717, 1.165) is 13.1 Å². The Balaban J connectivity index is 1.78. The molecule has 1 aliphatic rings. The van der Waals surface area contributed by atoms with Crippen LogP contribution in [-0.2, 0) is 0 Å². The number of likely N-dealkylation sites (tertiary alicyclic amines) is 1. The smallest absolute Gasteiger partial charge is 0.260 e. The van der Waals surface area contributed by atoms with E-state index in [0.29, 0.717) is 28.6 Å². The van der Waals surface area contributed by atoms with E-state index in [4.69, 9.17) is 5.73 Å². The zero-order chi connectivity index (χ0) is 14.8. The second kappa shape index (κ2) is 5.73. The molecule has 1 atom stereocenters. The fraction of sp³-hybridized carbons (Fsp3) is 0.467. The quantitative estimate of drug-likeness (QED) is 0.743. The van der Waals surface area contributed by atoms with Crippen LogP contribution < -0.4 is 16.6 Å². The molecule has 1 unspecified atom stereocenters. The van der Waals surface area contributed by atoms with E-state index in [1.807, 2.05) is 0 Å². The molecular weight excluding hydrogens is 266 g/mol. The van der Waals surface area contributed by atoms with Gasteiger partial charge in [0.1, 0.15) is 0 Å². The monoisotopic (exact) mass is 287 g/mol. The molecule has 0 radical (unpaired) electrons. The average Bonchev–Trinajstić information content (AvgIpc) is 2.47. The van der Waals surface area contributed by atoms with Crippen LogP contribution in [0.3, 0.4) is 0 Å². The number of nitrogens with zero attached hydrogens (tertiary/aromatic N) is 2. The summed E-state index contributed by atoms with van der Waals surface area (Å²) in [6, 6.07) is 5.68. The van der Waals surface area contributed by atoms with Gasteiger partial charge in [0.05, 0.1) is 10.9 Å². The Morgan fingerprint density at radius 3 is 3.14 bits per heavy atom. The molecule has 1 aromatic carbocycles. The van der Waals surface area contributed by atoms with E-state index >= 15 is 0 Å². The number of anilines is 2. The van der Waals surface area contributed by atoms with Crippen molar-refractivity contribution >= 4 is 22.5 Å². The highest BCUT2D eigenvalue weighted by molar-refractivity contribution is 5.81. The molecule has 0 spiro atoms. The standard InChI is InChI=1S/C15H21N5O/c1-20-7-3-2-4-11(20)9-17-15-18-13-6-5-10(16)8-12(13)14(21)19-15/h5-6,8,11H,2-4,7,9,16H2,1H3,(H2,17,18,19,21). The number of aromatic nitrogens is 2. The maximum Gasteiger partial charge on any atom is 0.260 e. The molecule has 0 saturated carbocycles. The van der Waals surface area contributed by atoms with E-state index in [1.54, 1.807) is 18.2 Å². The number of piperidine rings is 1. The molecule has 3 rings (SSSR count). The number of likely N-dealkylation sites (N-methyl/N-ethyl adjacent to an activating group) is 1. The van der Waals surface area contributed by atoms with Gasteiger partial charge in [0.2, 0.25) is 5.95 Å². The van der Waals surface area contributed by atoms with Crippen molar-refractivity contribution in [1.82, 2.24) is 14.9 Å². The summed E-state index contributed by atoms with van der Waals surface area (Å²) in [6.07, 6.45) is 3.70. The summed E-state index contributed by atoms with van der Waals surface area (Å²) in [5, 5.41) is 3.78. The van der Waals surface area contributed by atoms with Gasteiger partial charge >= 0.3 is 0 Å². The fourth-order valence-electron chi connectivity index (χ4n) is 2.86. The topological polar surface area (TPSA) is 87.0 Å². The summed E-state index contributed by atoms with van der Waals surface area (Å²) in [4.78, 5) is 21.6. The molecule has 1 fully saturated rings. The first kappa shape index (κ1) is 13.9. The van der Waals surface area contributed by atoms with Gasteiger partial charge in [-0.25, -0.2) is 4.98 Å². The van der Waals surface area contributed by atoms with Gasteiger partial charge < -0.3 is 16.0 Å². The van der Waals surface area contributed by atoms with E-state index in [1.165, 1.54) is 19.3 Å². The van der Waals surface area contributed by atoms with Gasteiger partial charge in [0, 0.05) is 18.3 Å². The number of rotatable bonds is 3. The highest BCUT2D eigenvalue weighted by Gasteiger charge is 2.18. The van der Waals surface area contributed by atoms with Gasteiger partial charge in [0.15, 0.2) is 0 Å². The second-order valence-electron chi connectivity index (χ2n) is 5.70. The zero-order valence-corrected chi connectivity index (χ0v) is 12.2. The van der Waals surface area contributed by atoms with Crippen LogP contribution in [0.2, 0.25) is 0 Å². The maximum absolute atomic E-state index is 12.1. The van der Waals surface area contributed by atoms with Crippen molar-refractivity contribution < 1.29 is 0 Å². The van der Waals surface area contributed by atoms with Crippen LogP contribution in [0, 0.1) is 0 Å². The number of nitrogens with two attached hydrogens (primary N) is 1. The molecule has 6 heteroatoms. The average molecular weight is 287 g/mol. The lowest BCUT2D eigenvalue weighted by Gasteiger charge is -2.32. The first-order valence-corrected chi connectivity index (χ1v) is 7.37. The van der Waals surface area contributed by atoms with Gasteiger partial charge in [-0.05, 0) is 44.6 Å². The van der Waals surface area contributed by atoms with Gasteiger partial charge in [-0.1, -0.05) is 6.42 Å². The van der Waals surface area contributed by atoms with E-state index in [-0.39, 0.29) is 5.56 Å². The zero-order valence-electron chi connectivity index (χ0n) is 12.2. The van der Waals surface area contributed by atoms with Crippen molar-refractivity contribution in [2.75, 3.05) is 31.2 Å². The van der Waals surface area contributed by atoms with Crippen LogP contribution in [-0.4, -0.2) is 41.0 Å². The highest BCUT2D eigenvalue weighted by atomic mass is 16.1. The normalized spacial score (nSPS) is 19.8. The Bertz CT molecular complexity index is 696. The summed E-state index contributed by atoms with van der Waals surface area (Å²) >= 11 is 0. The lowest BCUT2D eigenvalue weighted by atomic mass is 10.0. The molecule has 2 heterocycles. The SMILES string of the molecule is CN1CCCCC1CNc1nc2ccc(N)cc2c(=O)[nH]1. The van der Waals surface area contributed by atoms with Crippen LogP contribution in [0.1, 0.15) is 19.3 Å². The molecule has 21 heavy (non-hydrogen) atoms. The third kappa shape index (κ3) is 3.00. The summed E-state index contributed by atoms with van der Waals surface area (Å²) in [5.41, 5.74) is 6.77. The molecule has 1 saturated heterocycles. The summed E-state index contributed by atoms with van der Waals surface area (Å²) < 4.78 is 0. The van der Waals surface area contributed by atoms with Crippen LogP contribution in [0.25, 0.3) is 10.9 Å². The fourth-order valence-corrected chi connectivity index (χ4v) is 2.86. The van der Waals surface area contributed by atoms with Crippen LogP contribution >= 0.6 is 0 Å². The summed E-state index contributed by atoms with van der Waals surface area (Å²) in [7, 11) is 2.14. The largest absolute Gasteiger partial charge is 0.399 e. The molecule has 112 valence electrons. The first-order chi connectivity index (χ1) is 10.1. The van der Waals surface area contributed by atoms with Gasteiger partial charge in [-0.2, -0.15) is 0 Å². The van der Waals surface area contributed by atoms with Crippen molar-refractivity contribution in [3.63, 3.8) is 0 Å². The Hall–Kier alpha value is -2.08. The Kier molecular flexibility index (Phi) is 3.79. The third-order valence-electron chi connectivity index (χ3n) is 4.16. The first-order valence-electron chi connectivity index (χ1n) is 7.37. The molecule has 1 aromatic heterocycles. The third-order valence-corrected chi connectivity index (χ3v) is 4.16. The predicted molar refractivity (Wildman–Crippen MR) is 85.5 cm³/mol. The van der Waals surface area contributed by atoms with Gasteiger partial charge in [-0.3, -0.25) is 9.78 Å². The van der Waals surface area contributed by atoms with Crippen molar-refractivity contribution in [2.24, 2.45) is 0 Å². The number of fused-ring (bicyclic) bond motifs is 1. The van der Waals surface area contributed by atoms with Crippen molar-refractivity contribution in [2.45, 2.75) is 25.3 Å². The Morgan fingerprint density at radius 1 is 1.48 bits per heavy atom. The Labute approximate surface area is 123 Å². The van der Waals surface area contributed by atoms with E-state index in [2.05, 4.69) is 27.2 Å². The minimum atomic E-state index is -0.160. The Morgan fingerprint density at radius 2 is 2.33 bits per heavy atom. The van der Waals surface area contributed by atoms with E-state index in [9.17, 15) is 4.79 Å². The van der Waals surface area contributed by atoms with Crippen LogP contribution in [0.5, 0.6) is 0 Å². The number of aromatic amines is 1. The van der Waals surface area contributed by atoms with Gasteiger partial charge in [-0.15, -0.1) is 0 Å². The molecule has 4 N–H and O–H groups in total. The molecule has 0 amide bonds. The summed E-state index contributed by atoms with van der Waals surface area (Å²) in [5.74, 6) is 0.524. The number of benzene rings is 1. The van der Waals surface area contributed by atoms with Crippen molar-refractivity contribution in [1.29, 1.82) is 0 Å². The molecule has 0 bridgehead atoms. The predicted octanol–water partition coefficient (Wildman–Crippen LogP) is 1.40. The number of H-pyrrole nitrogens is 1. The molecular formula is C15H21N5O. The summed E-state index contributed by atoms with van der Waals surface area (Å²) in [6.45, 7) is 1.92. The minimum Gasteiger partial charge on any atom is -0.399 e.